The van der Waals surface area contributed by atoms with Crippen molar-refractivity contribution in [2.45, 2.75) is 23.6 Å². The third kappa shape index (κ3) is 3.32. The monoisotopic (exact) mass is 337 g/mol. The van der Waals surface area contributed by atoms with Gasteiger partial charge in [-0.1, -0.05) is 49.0 Å². The number of hydrogen-bond acceptors (Lipinski definition) is 6. The van der Waals surface area contributed by atoms with Crippen molar-refractivity contribution in [2.75, 3.05) is 5.73 Å². The van der Waals surface area contributed by atoms with Crippen molar-refractivity contribution in [1.82, 2.24) is 4.98 Å². The van der Waals surface area contributed by atoms with E-state index in [9.17, 15) is 15.3 Å². The number of amides is 1. The molecule has 0 saturated carbocycles. The fourth-order valence-corrected chi connectivity index (χ4v) is 3.41. The van der Waals surface area contributed by atoms with Gasteiger partial charge in [0.2, 0.25) is 5.91 Å². The molecule has 1 amide bonds. The van der Waals surface area contributed by atoms with Gasteiger partial charge in [-0.25, -0.2) is 4.98 Å². The Balaban J connectivity index is 2.56. The van der Waals surface area contributed by atoms with Crippen LogP contribution >= 0.6 is 11.8 Å². The van der Waals surface area contributed by atoms with Crippen LogP contribution in [0.25, 0.3) is 0 Å². The minimum Gasteiger partial charge on any atom is -0.383 e. The molecule has 0 radical (unpaired) electrons. The number of primary amides is 1. The van der Waals surface area contributed by atoms with Crippen molar-refractivity contribution in [3.63, 3.8) is 0 Å². The van der Waals surface area contributed by atoms with Crippen molar-refractivity contribution >= 4 is 23.5 Å². The first-order valence-electron chi connectivity index (χ1n) is 7.16. The number of pyridine rings is 1. The number of anilines is 1. The molecule has 0 aliphatic carbocycles. The molecule has 2 rings (SSSR count). The lowest BCUT2D eigenvalue weighted by atomic mass is 10.0. The number of nitriles is 2. The van der Waals surface area contributed by atoms with Gasteiger partial charge in [0, 0.05) is 0 Å². The summed E-state index contributed by atoms with van der Waals surface area (Å²) in [4.78, 5) is 16.0. The maximum atomic E-state index is 11.9. The zero-order chi connectivity index (χ0) is 17.7. The van der Waals surface area contributed by atoms with Crippen molar-refractivity contribution in [3.8, 4) is 12.1 Å². The molecule has 0 aliphatic heterocycles. The second-order valence-corrected chi connectivity index (χ2v) is 6.01. The first kappa shape index (κ1) is 17.3. The molecule has 1 aromatic carbocycles. The minimum atomic E-state index is -0.706. The summed E-state index contributed by atoms with van der Waals surface area (Å²) in [5, 5.41) is 18.3. The Labute approximate surface area is 144 Å². The molecule has 0 fully saturated rings. The molecule has 4 N–H and O–H groups in total. The summed E-state index contributed by atoms with van der Waals surface area (Å²) in [6, 6.07) is 13.1. The van der Waals surface area contributed by atoms with Crippen LogP contribution in [0.3, 0.4) is 0 Å². The van der Waals surface area contributed by atoms with E-state index >= 15 is 0 Å². The molecule has 0 aliphatic rings. The molecule has 24 heavy (non-hydrogen) atoms. The second kappa shape index (κ2) is 7.49. The molecule has 1 heterocycles. The molecule has 7 heteroatoms. The van der Waals surface area contributed by atoms with Gasteiger partial charge in [0.15, 0.2) is 0 Å². The van der Waals surface area contributed by atoms with E-state index in [0.717, 1.165) is 11.8 Å². The fraction of sp³-hybridized carbons (Fsp3) is 0.176. The maximum absolute atomic E-state index is 11.9. The van der Waals surface area contributed by atoms with E-state index < -0.39 is 11.2 Å². The highest BCUT2D eigenvalue weighted by molar-refractivity contribution is 8.00. The van der Waals surface area contributed by atoms with Gasteiger partial charge in [-0.3, -0.25) is 4.79 Å². The smallest absolute Gasteiger partial charge is 0.235 e. The van der Waals surface area contributed by atoms with Crippen molar-refractivity contribution in [2.24, 2.45) is 5.73 Å². The van der Waals surface area contributed by atoms with Gasteiger partial charge in [-0.2, -0.15) is 10.5 Å². The number of nitrogens with two attached hydrogens (primary N) is 2. The number of rotatable bonds is 5. The Morgan fingerprint density at radius 3 is 2.38 bits per heavy atom. The zero-order valence-electron chi connectivity index (χ0n) is 13.0. The van der Waals surface area contributed by atoms with Crippen LogP contribution in [-0.2, 0) is 11.2 Å². The van der Waals surface area contributed by atoms with Crippen LogP contribution in [-0.4, -0.2) is 10.9 Å². The van der Waals surface area contributed by atoms with Gasteiger partial charge in [-0.15, -0.1) is 0 Å². The minimum absolute atomic E-state index is 0.0483. The summed E-state index contributed by atoms with van der Waals surface area (Å²) >= 11 is 1.07. The summed E-state index contributed by atoms with van der Waals surface area (Å²) < 4.78 is 0. The molecule has 0 unspecified atom stereocenters. The van der Waals surface area contributed by atoms with Crippen LogP contribution in [0.1, 0.15) is 34.4 Å². The van der Waals surface area contributed by atoms with E-state index in [1.54, 1.807) is 24.3 Å². The number of thioether (sulfide) groups is 1. The molecular weight excluding hydrogens is 322 g/mol. The summed E-state index contributed by atoms with van der Waals surface area (Å²) in [6.07, 6.45) is 0.457. The highest BCUT2D eigenvalue weighted by atomic mass is 32.2. The topological polar surface area (TPSA) is 130 Å². The van der Waals surface area contributed by atoms with Gasteiger partial charge in [-0.05, 0) is 17.5 Å². The average Bonchev–Trinajstić information content (AvgIpc) is 2.59. The number of benzene rings is 1. The third-order valence-electron chi connectivity index (χ3n) is 3.46. The first-order chi connectivity index (χ1) is 11.5. The quantitative estimate of drug-likeness (QED) is 0.805. The lowest BCUT2D eigenvalue weighted by Crippen LogP contribution is -2.19. The van der Waals surface area contributed by atoms with Crippen LogP contribution in [0.4, 0.5) is 5.82 Å². The first-order valence-corrected chi connectivity index (χ1v) is 8.04. The lowest BCUT2D eigenvalue weighted by molar-refractivity contribution is -0.117. The predicted octanol–water partition coefficient (Wildman–Crippen LogP) is 2.29. The molecule has 0 spiro atoms. The summed E-state index contributed by atoms with van der Waals surface area (Å²) in [5.74, 6) is -0.495. The van der Waals surface area contributed by atoms with Crippen molar-refractivity contribution in [3.05, 3.63) is 52.6 Å². The number of carbonyl (C=O) groups excluding carboxylic acids is 1. The maximum Gasteiger partial charge on any atom is 0.235 e. The van der Waals surface area contributed by atoms with E-state index in [0.29, 0.717) is 22.6 Å². The predicted molar refractivity (Wildman–Crippen MR) is 91.7 cm³/mol. The number of aromatic nitrogens is 1. The number of carbonyl (C=O) groups is 1. The fourth-order valence-electron chi connectivity index (χ4n) is 2.34. The van der Waals surface area contributed by atoms with Gasteiger partial charge in [0.1, 0.15) is 28.2 Å². The molecule has 1 aromatic heterocycles. The zero-order valence-corrected chi connectivity index (χ0v) is 13.8. The SMILES string of the molecule is CCc1c(C#N)c(N)nc(S[C@H](C(N)=O)c2ccccc2)c1C#N. The number of nitrogen functional groups attached to an aromatic ring is 1. The van der Waals surface area contributed by atoms with Crippen molar-refractivity contribution < 1.29 is 4.79 Å². The summed E-state index contributed by atoms with van der Waals surface area (Å²) in [5.41, 5.74) is 13.1. The van der Waals surface area contributed by atoms with E-state index in [2.05, 4.69) is 11.1 Å². The molecule has 0 saturated heterocycles. The van der Waals surface area contributed by atoms with Crippen LogP contribution in [0.2, 0.25) is 0 Å². The normalized spacial score (nSPS) is 11.3. The van der Waals surface area contributed by atoms with Crippen LogP contribution < -0.4 is 11.5 Å². The Morgan fingerprint density at radius 2 is 1.88 bits per heavy atom. The van der Waals surface area contributed by atoms with Crippen molar-refractivity contribution in [1.29, 1.82) is 10.5 Å². The van der Waals surface area contributed by atoms with E-state index in [-0.39, 0.29) is 16.9 Å². The number of hydrogen-bond donors (Lipinski definition) is 2. The van der Waals surface area contributed by atoms with E-state index in [4.69, 9.17) is 11.5 Å². The van der Waals surface area contributed by atoms with Gasteiger partial charge in [0.25, 0.3) is 0 Å². The van der Waals surface area contributed by atoms with Gasteiger partial charge in [0.05, 0.1) is 11.1 Å². The molecule has 1 atom stereocenters. The molecule has 6 nitrogen and oxygen atoms in total. The Bertz CT molecular complexity index is 852. The lowest BCUT2D eigenvalue weighted by Gasteiger charge is -2.16. The summed E-state index contributed by atoms with van der Waals surface area (Å²) in [7, 11) is 0. The average molecular weight is 337 g/mol. The van der Waals surface area contributed by atoms with Crippen LogP contribution in [0, 0.1) is 22.7 Å². The Hall–Kier alpha value is -3.03. The Morgan fingerprint density at radius 1 is 1.25 bits per heavy atom. The highest BCUT2D eigenvalue weighted by Gasteiger charge is 2.24. The van der Waals surface area contributed by atoms with Gasteiger partial charge >= 0.3 is 0 Å². The highest BCUT2D eigenvalue weighted by Crippen LogP contribution is 2.38. The number of nitrogens with zero attached hydrogens (tertiary/aromatic N) is 3. The third-order valence-corrected chi connectivity index (χ3v) is 4.72. The van der Waals surface area contributed by atoms with E-state index in [1.807, 2.05) is 19.1 Å². The molecule has 2 aromatic rings. The molecular formula is C17H15N5OS. The molecule has 0 bridgehead atoms. The summed E-state index contributed by atoms with van der Waals surface area (Å²) in [6.45, 7) is 1.83. The second-order valence-electron chi connectivity index (χ2n) is 4.92. The van der Waals surface area contributed by atoms with Crippen LogP contribution in [0.5, 0.6) is 0 Å². The van der Waals surface area contributed by atoms with Crippen LogP contribution in [0.15, 0.2) is 35.4 Å². The van der Waals surface area contributed by atoms with E-state index in [1.165, 1.54) is 0 Å². The largest absolute Gasteiger partial charge is 0.383 e. The molecule has 120 valence electrons. The standard InChI is InChI=1S/C17H15N5OS/c1-2-11-12(8-18)15(20)22-17(13(11)9-19)24-14(16(21)23)10-6-4-3-5-7-10/h3-7,14H,2H2,1H3,(H2,20,22)(H2,21,23)/t14-/m0/s1. The Kier molecular flexibility index (Phi) is 5.41. The van der Waals surface area contributed by atoms with Gasteiger partial charge < -0.3 is 11.5 Å².